The van der Waals surface area contributed by atoms with E-state index in [4.69, 9.17) is 25.0 Å². The number of anilines is 4. The predicted octanol–water partition coefficient (Wildman–Crippen LogP) is 5.07. The number of sulfonamides is 2. The second-order valence-electron chi connectivity index (χ2n) is 10.5. The van der Waals surface area contributed by atoms with Crippen LogP contribution in [0, 0.1) is 13.8 Å². The molecule has 0 saturated carbocycles. The van der Waals surface area contributed by atoms with Crippen LogP contribution in [-0.4, -0.2) is 16.8 Å². The fraction of sp³-hybridized carbons (Fsp3) is 0.0625. The molecule has 0 unspecified atom stereocenters. The van der Waals surface area contributed by atoms with Crippen LogP contribution in [0.15, 0.2) is 113 Å². The summed E-state index contributed by atoms with van der Waals surface area (Å²) < 4.78 is 73.2. The molecule has 6 aromatic rings. The van der Waals surface area contributed by atoms with Gasteiger partial charge in [0, 0.05) is 22.9 Å². The van der Waals surface area contributed by atoms with Gasteiger partial charge in [-0.25, -0.2) is 26.4 Å². The van der Waals surface area contributed by atoms with Crippen molar-refractivity contribution in [2.24, 2.45) is 0 Å². The van der Waals surface area contributed by atoms with Gasteiger partial charge in [0.25, 0.3) is 20.0 Å². The fourth-order valence-corrected chi connectivity index (χ4v) is 7.50. The minimum atomic E-state index is -4.19. The summed E-state index contributed by atoms with van der Waals surface area (Å²) in [5, 5.41) is 0.895. The second-order valence-corrected chi connectivity index (χ2v) is 13.8. The third-order valence-electron chi connectivity index (χ3n) is 7.40. The molecule has 2 aromatic heterocycles. The van der Waals surface area contributed by atoms with Crippen LogP contribution >= 0.6 is 0 Å². The van der Waals surface area contributed by atoms with Crippen molar-refractivity contribution >= 4 is 64.7 Å². The summed E-state index contributed by atoms with van der Waals surface area (Å²) in [5.41, 5.74) is 10.2. The van der Waals surface area contributed by atoms with E-state index in [1.54, 1.807) is 50.2 Å². The number of hydrogen-bond acceptors (Lipinski definition) is 11. The topological polar surface area (TPSA) is 214 Å². The molecular formula is C32H26N4O9S2. The van der Waals surface area contributed by atoms with Gasteiger partial charge >= 0.3 is 11.3 Å². The Morgan fingerprint density at radius 2 is 0.979 bits per heavy atom. The largest absolute Gasteiger partial charge is 0.457 e. The lowest BCUT2D eigenvalue weighted by Crippen LogP contribution is -2.20. The van der Waals surface area contributed by atoms with Crippen molar-refractivity contribution in [2.75, 3.05) is 20.9 Å². The number of hydrogen-bond donors (Lipinski definition) is 4. The summed E-state index contributed by atoms with van der Waals surface area (Å²) in [6, 6.07) is 21.0. The zero-order chi connectivity index (χ0) is 33.7. The molecule has 0 spiro atoms. The Morgan fingerprint density at radius 3 is 1.36 bits per heavy atom. The molecule has 0 bridgehead atoms. The molecule has 0 amide bonds. The number of ether oxygens (including phenoxy) is 1. The van der Waals surface area contributed by atoms with Gasteiger partial charge in [0.2, 0.25) is 0 Å². The van der Waals surface area contributed by atoms with Crippen LogP contribution in [0.4, 0.5) is 22.7 Å². The number of benzene rings is 4. The van der Waals surface area contributed by atoms with E-state index >= 15 is 0 Å². The van der Waals surface area contributed by atoms with E-state index in [2.05, 4.69) is 9.44 Å². The van der Waals surface area contributed by atoms with Crippen LogP contribution in [0.1, 0.15) is 11.1 Å². The lowest BCUT2D eigenvalue weighted by Gasteiger charge is -2.14. The summed E-state index contributed by atoms with van der Waals surface area (Å²) in [7, 11) is -8.37. The Morgan fingerprint density at radius 1 is 0.596 bits per heavy atom. The molecule has 0 aliphatic rings. The van der Waals surface area contributed by atoms with Crippen molar-refractivity contribution in [3.8, 4) is 11.5 Å². The van der Waals surface area contributed by atoms with Gasteiger partial charge < -0.3 is 25.0 Å². The Hall–Kier alpha value is -5.80. The van der Waals surface area contributed by atoms with E-state index in [-0.39, 0.29) is 55.2 Å². The molecular weight excluding hydrogens is 649 g/mol. The zero-order valence-electron chi connectivity index (χ0n) is 24.7. The predicted molar refractivity (Wildman–Crippen MR) is 178 cm³/mol. The minimum Gasteiger partial charge on any atom is -0.457 e. The molecule has 0 aliphatic heterocycles. The molecule has 240 valence electrons. The molecule has 47 heavy (non-hydrogen) atoms. The van der Waals surface area contributed by atoms with Crippen LogP contribution in [-0.2, 0) is 20.0 Å². The quantitative estimate of drug-likeness (QED) is 0.123. The maximum absolute atomic E-state index is 13.0. The Kier molecular flexibility index (Phi) is 7.65. The number of nitrogens with one attached hydrogen (secondary N) is 2. The summed E-state index contributed by atoms with van der Waals surface area (Å²) in [4.78, 5) is 25.4. The molecule has 2 heterocycles. The van der Waals surface area contributed by atoms with E-state index < -0.39 is 31.3 Å². The first-order valence-electron chi connectivity index (χ1n) is 13.8. The van der Waals surface area contributed by atoms with Crippen LogP contribution in [0.2, 0.25) is 0 Å². The molecule has 0 saturated heterocycles. The van der Waals surface area contributed by atoms with Crippen molar-refractivity contribution < 1.29 is 30.4 Å². The Labute approximate surface area is 267 Å². The zero-order valence-corrected chi connectivity index (χ0v) is 26.4. The average molecular weight is 675 g/mol. The van der Waals surface area contributed by atoms with Crippen molar-refractivity contribution in [2.45, 2.75) is 23.6 Å². The van der Waals surface area contributed by atoms with Gasteiger partial charge in [-0.1, -0.05) is 24.3 Å². The van der Waals surface area contributed by atoms with E-state index in [1.807, 2.05) is 0 Å². The highest BCUT2D eigenvalue weighted by molar-refractivity contribution is 7.93. The van der Waals surface area contributed by atoms with Gasteiger partial charge in [0.05, 0.1) is 11.4 Å². The lowest BCUT2D eigenvalue weighted by atomic mass is 10.1. The molecule has 4 aromatic carbocycles. The van der Waals surface area contributed by atoms with Gasteiger partial charge in [-0.2, -0.15) is 0 Å². The van der Waals surface area contributed by atoms with Crippen molar-refractivity contribution in [1.82, 2.24) is 0 Å². The number of para-hydroxylation sites is 2. The third-order valence-corrected chi connectivity index (χ3v) is 10.3. The maximum atomic E-state index is 13.0. The number of nitrogen functional groups attached to an aromatic ring is 2. The summed E-state index contributed by atoms with van der Waals surface area (Å²) in [6.45, 7) is 3.14. The first kappa shape index (κ1) is 31.2. The minimum absolute atomic E-state index is 0.0199. The monoisotopic (exact) mass is 674 g/mol. The molecule has 0 atom stereocenters. The second kappa shape index (κ2) is 11.5. The molecule has 0 aliphatic carbocycles. The highest BCUT2D eigenvalue weighted by Gasteiger charge is 2.23. The molecule has 15 heteroatoms. The van der Waals surface area contributed by atoms with Crippen molar-refractivity contribution in [3.05, 3.63) is 117 Å². The molecule has 13 nitrogen and oxygen atoms in total. The normalized spacial score (nSPS) is 11.9. The van der Waals surface area contributed by atoms with Crippen LogP contribution in [0.25, 0.3) is 21.9 Å². The molecule has 6 N–H and O–H groups in total. The van der Waals surface area contributed by atoms with E-state index in [0.29, 0.717) is 21.9 Å². The van der Waals surface area contributed by atoms with E-state index in [0.717, 1.165) is 0 Å². The maximum Gasteiger partial charge on any atom is 0.361 e. The van der Waals surface area contributed by atoms with Crippen molar-refractivity contribution in [1.29, 1.82) is 0 Å². The first-order valence-corrected chi connectivity index (χ1v) is 16.8. The third kappa shape index (κ3) is 5.84. The highest BCUT2D eigenvalue weighted by atomic mass is 32.2. The van der Waals surface area contributed by atoms with Gasteiger partial charge in [-0.15, -0.1) is 0 Å². The molecule has 0 fully saturated rings. The van der Waals surface area contributed by atoms with E-state index in [1.165, 1.54) is 48.5 Å². The highest BCUT2D eigenvalue weighted by Crippen LogP contribution is 2.33. The van der Waals surface area contributed by atoms with Gasteiger partial charge in [-0.3, -0.25) is 9.44 Å². The lowest BCUT2D eigenvalue weighted by molar-refractivity contribution is 0.478. The summed E-state index contributed by atoms with van der Waals surface area (Å²) >= 11 is 0. The standard InChI is InChI=1S/C32H26N4O9S2/c1-17-21-13-11-19(15-25(21)44-31(37)29(17)35-46(39,40)27-9-5-3-7-23(27)33)43-20-12-14-22-18(2)30(32(38)45-26(22)16-20)36-47(41,42)28-10-6-4-8-24(28)34/h3-16,35-36H,33-34H2,1-2H3. The number of nitrogens with two attached hydrogens (primary N) is 2. The number of aryl methyl sites for hydroxylation is 2. The van der Waals surface area contributed by atoms with Gasteiger partial charge in [0.1, 0.15) is 43.8 Å². The fourth-order valence-electron chi connectivity index (χ4n) is 5.00. The van der Waals surface area contributed by atoms with Gasteiger partial charge in [0.15, 0.2) is 0 Å². The van der Waals surface area contributed by atoms with Crippen molar-refractivity contribution in [3.63, 3.8) is 0 Å². The molecule has 0 radical (unpaired) electrons. The Balaban J connectivity index is 1.28. The number of rotatable bonds is 8. The summed E-state index contributed by atoms with van der Waals surface area (Å²) in [5.74, 6) is 0.516. The molecule has 6 rings (SSSR count). The smallest absolute Gasteiger partial charge is 0.361 e. The van der Waals surface area contributed by atoms with Crippen LogP contribution in [0.5, 0.6) is 11.5 Å². The number of fused-ring (bicyclic) bond motifs is 2. The van der Waals surface area contributed by atoms with Crippen LogP contribution in [0.3, 0.4) is 0 Å². The van der Waals surface area contributed by atoms with E-state index in [9.17, 15) is 26.4 Å². The van der Waals surface area contributed by atoms with Gasteiger partial charge in [-0.05, 0) is 73.5 Å². The Bertz CT molecular complexity index is 2400. The average Bonchev–Trinajstić information content (AvgIpc) is 3.01. The SMILES string of the molecule is Cc1c(NS(=O)(=O)c2ccccc2N)c(=O)oc2cc(Oc3ccc4c(C)c(NS(=O)(=O)c5ccccc5N)c(=O)oc4c3)ccc12. The first-order chi connectivity index (χ1) is 22.2. The van der Waals surface area contributed by atoms with Crippen LogP contribution < -0.4 is 36.9 Å². The summed E-state index contributed by atoms with van der Waals surface area (Å²) in [6.07, 6.45) is 0.